The van der Waals surface area contributed by atoms with Gasteiger partial charge in [0.15, 0.2) is 0 Å². The second-order valence-electron chi connectivity index (χ2n) is 6.05. The van der Waals surface area contributed by atoms with Crippen molar-refractivity contribution in [3.8, 4) is 0 Å². The summed E-state index contributed by atoms with van der Waals surface area (Å²) in [7, 11) is 3.75. The first kappa shape index (κ1) is 15.3. The van der Waals surface area contributed by atoms with Gasteiger partial charge in [0, 0.05) is 19.6 Å². The Morgan fingerprint density at radius 2 is 1.84 bits per heavy atom. The van der Waals surface area contributed by atoms with Crippen LogP contribution in [0, 0.1) is 0 Å². The molecule has 0 spiro atoms. The third kappa shape index (κ3) is 2.97. The van der Waals surface area contributed by atoms with Gasteiger partial charge < -0.3 is 4.90 Å². The van der Waals surface area contributed by atoms with Gasteiger partial charge in [-0.1, -0.05) is 6.58 Å². The van der Waals surface area contributed by atoms with Crippen LogP contribution in [0.15, 0.2) is 28.8 Å². The van der Waals surface area contributed by atoms with E-state index in [4.69, 9.17) is 0 Å². The molecule has 1 aliphatic heterocycles. The number of rotatable bonds is 2. The molecule has 5 nitrogen and oxygen atoms in total. The molecule has 1 aliphatic rings. The molecule has 19 heavy (non-hydrogen) atoms. The van der Waals surface area contributed by atoms with Crippen molar-refractivity contribution < 1.29 is 4.79 Å². The molecule has 106 valence electrons. The molecule has 0 atom stereocenters. The minimum atomic E-state index is -0.299. The summed E-state index contributed by atoms with van der Waals surface area (Å²) in [6.07, 6.45) is 1.57. The average Bonchev–Trinajstić information content (AvgIpc) is 2.24. The second-order valence-corrected chi connectivity index (χ2v) is 6.05. The molecule has 0 bridgehead atoms. The Labute approximate surface area is 115 Å². The maximum absolute atomic E-state index is 12.6. The molecule has 0 radical (unpaired) electrons. The number of amides is 1. The molecule has 0 fully saturated rings. The molecular weight excluding hydrogens is 240 g/mol. The van der Waals surface area contributed by atoms with E-state index in [1.54, 1.807) is 16.2 Å². The van der Waals surface area contributed by atoms with E-state index in [0.29, 0.717) is 11.5 Å². The van der Waals surface area contributed by atoms with Crippen LogP contribution in [0.1, 0.15) is 34.6 Å². The Morgan fingerprint density at radius 3 is 2.21 bits per heavy atom. The number of hydrogen-bond acceptors (Lipinski definition) is 4. The third-order valence-corrected chi connectivity index (χ3v) is 2.87. The van der Waals surface area contributed by atoms with Gasteiger partial charge >= 0.3 is 0 Å². The van der Waals surface area contributed by atoms with Crippen molar-refractivity contribution in [2.75, 3.05) is 14.1 Å². The van der Waals surface area contributed by atoms with E-state index in [1.165, 1.54) is 0 Å². The van der Waals surface area contributed by atoms with E-state index in [-0.39, 0.29) is 11.4 Å². The van der Waals surface area contributed by atoms with Crippen molar-refractivity contribution in [3.05, 3.63) is 23.7 Å². The molecule has 0 unspecified atom stereocenters. The van der Waals surface area contributed by atoms with E-state index in [2.05, 4.69) is 11.7 Å². The standard InChI is InChI=1S/C14H24N4O/c1-10(2)12-13(19)17(14(4,5)6)9-15-18(12)11(3)16(7)8/h9H,3H2,1-2,4-8H3. The Hall–Kier alpha value is -1.78. The van der Waals surface area contributed by atoms with E-state index in [9.17, 15) is 4.79 Å². The number of hydrogen-bond donors (Lipinski definition) is 0. The quantitative estimate of drug-likeness (QED) is 0.718. The summed E-state index contributed by atoms with van der Waals surface area (Å²) in [5.41, 5.74) is 1.18. The van der Waals surface area contributed by atoms with Crippen LogP contribution in [0.5, 0.6) is 0 Å². The van der Waals surface area contributed by atoms with Crippen molar-refractivity contribution >= 4 is 12.2 Å². The zero-order valence-corrected chi connectivity index (χ0v) is 13.0. The van der Waals surface area contributed by atoms with Gasteiger partial charge in [0.25, 0.3) is 5.91 Å². The maximum atomic E-state index is 12.6. The summed E-state index contributed by atoms with van der Waals surface area (Å²) in [6, 6.07) is 0. The molecule has 0 saturated carbocycles. The number of nitrogens with zero attached hydrogens (tertiary/aromatic N) is 4. The van der Waals surface area contributed by atoms with E-state index < -0.39 is 0 Å². The summed E-state index contributed by atoms with van der Waals surface area (Å²) in [5.74, 6) is 0.611. The van der Waals surface area contributed by atoms with Crippen LogP contribution in [0.2, 0.25) is 0 Å². The summed E-state index contributed by atoms with van der Waals surface area (Å²) in [6.45, 7) is 13.7. The zero-order valence-electron chi connectivity index (χ0n) is 13.0. The third-order valence-electron chi connectivity index (χ3n) is 2.87. The van der Waals surface area contributed by atoms with Crippen LogP contribution in [0.4, 0.5) is 0 Å². The summed E-state index contributed by atoms with van der Waals surface area (Å²) in [4.78, 5) is 16.1. The first-order chi connectivity index (χ1) is 8.57. The van der Waals surface area contributed by atoms with Gasteiger partial charge in [-0.25, -0.2) is 5.01 Å². The van der Waals surface area contributed by atoms with Gasteiger partial charge in [-0.2, -0.15) is 5.10 Å². The fraction of sp³-hybridized carbons (Fsp3) is 0.571. The van der Waals surface area contributed by atoms with Crippen molar-refractivity contribution in [3.63, 3.8) is 0 Å². The largest absolute Gasteiger partial charge is 0.363 e. The lowest BCUT2D eigenvalue weighted by molar-refractivity contribution is -0.129. The Morgan fingerprint density at radius 1 is 1.32 bits per heavy atom. The highest BCUT2D eigenvalue weighted by Gasteiger charge is 2.35. The predicted molar refractivity (Wildman–Crippen MR) is 78.1 cm³/mol. The first-order valence-corrected chi connectivity index (χ1v) is 6.29. The van der Waals surface area contributed by atoms with Gasteiger partial charge in [0.1, 0.15) is 17.9 Å². The summed E-state index contributed by atoms with van der Waals surface area (Å²) < 4.78 is 0. The lowest BCUT2D eigenvalue weighted by Gasteiger charge is -2.39. The number of hydrazone groups is 1. The molecule has 1 heterocycles. The van der Waals surface area contributed by atoms with Crippen LogP contribution in [0.25, 0.3) is 0 Å². The van der Waals surface area contributed by atoms with Crippen molar-refractivity contribution in [2.45, 2.75) is 40.2 Å². The molecule has 0 aromatic rings. The Kier molecular flexibility index (Phi) is 4.08. The topological polar surface area (TPSA) is 39.1 Å². The van der Waals surface area contributed by atoms with Gasteiger partial charge in [-0.15, -0.1) is 0 Å². The maximum Gasteiger partial charge on any atom is 0.278 e. The zero-order chi connectivity index (χ0) is 15.0. The Balaban J connectivity index is 3.29. The lowest BCUT2D eigenvalue weighted by atomic mass is 10.1. The molecule has 1 amide bonds. The monoisotopic (exact) mass is 264 g/mol. The van der Waals surface area contributed by atoms with Crippen LogP contribution in [-0.4, -0.2) is 46.7 Å². The molecule has 5 heteroatoms. The fourth-order valence-electron chi connectivity index (χ4n) is 1.71. The average molecular weight is 264 g/mol. The van der Waals surface area contributed by atoms with Gasteiger partial charge in [0.05, 0.1) is 0 Å². The van der Waals surface area contributed by atoms with E-state index in [0.717, 1.165) is 5.57 Å². The van der Waals surface area contributed by atoms with Crippen LogP contribution < -0.4 is 0 Å². The van der Waals surface area contributed by atoms with Crippen LogP contribution >= 0.6 is 0 Å². The molecule has 0 aromatic carbocycles. The van der Waals surface area contributed by atoms with E-state index in [1.807, 2.05) is 53.6 Å². The molecule has 0 aliphatic carbocycles. The van der Waals surface area contributed by atoms with Crippen molar-refractivity contribution in [2.24, 2.45) is 5.10 Å². The van der Waals surface area contributed by atoms with Gasteiger partial charge in [-0.3, -0.25) is 9.69 Å². The molecular formula is C14H24N4O. The number of carbonyl (C=O) groups excluding carboxylic acids is 1. The molecule has 0 N–H and O–H groups in total. The van der Waals surface area contributed by atoms with Gasteiger partial charge in [-0.05, 0) is 40.2 Å². The minimum absolute atomic E-state index is 0.0505. The highest BCUT2D eigenvalue weighted by Crippen LogP contribution is 2.26. The van der Waals surface area contributed by atoms with Gasteiger partial charge in [0.2, 0.25) is 0 Å². The predicted octanol–water partition coefficient (Wildman–Crippen LogP) is 2.20. The minimum Gasteiger partial charge on any atom is -0.363 e. The molecule has 0 aromatic heterocycles. The first-order valence-electron chi connectivity index (χ1n) is 6.29. The van der Waals surface area contributed by atoms with Crippen molar-refractivity contribution in [1.82, 2.24) is 14.8 Å². The van der Waals surface area contributed by atoms with Crippen LogP contribution in [-0.2, 0) is 4.79 Å². The highest BCUT2D eigenvalue weighted by molar-refractivity contribution is 6.02. The Bertz CT molecular complexity index is 451. The number of allylic oxidation sites excluding steroid dienone is 1. The normalized spacial score (nSPS) is 15.9. The van der Waals surface area contributed by atoms with Crippen LogP contribution in [0.3, 0.4) is 0 Å². The highest BCUT2D eigenvalue weighted by atomic mass is 16.2. The van der Waals surface area contributed by atoms with Crippen molar-refractivity contribution in [1.29, 1.82) is 0 Å². The summed E-state index contributed by atoms with van der Waals surface area (Å²) >= 11 is 0. The molecule has 0 saturated heterocycles. The SMILES string of the molecule is C=C(N(C)C)N1N=CN(C(C)(C)C)C(=O)C1=C(C)C. The number of carbonyl (C=O) groups is 1. The van der Waals surface area contributed by atoms with E-state index >= 15 is 0 Å². The fourth-order valence-corrected chi connectivity index (χ4v) is 1.71. The summed E-state index contributed by atoms with van der Waals surface area (Å²) in [5, 5.41) is 5.96. The smallest absolute Gasteiger partial charge is 0.278 e. The second kappa shape index (κ2) is 5.07. The molecule has 1 rings (SSSR count). The lowest BCUT2D eigenvalue weighted by Crippen LogP contribution is -2.51.